The van der Waals surface area contributed by atoms with Crippen molar-refractivity contribution in [1.82, 2.24) is 4.90 Å². The van der Waals surface area contributed by atoms with Gasteiger partial charge in [0.25, 0.3) is 0 Å². The molecule has 0 aromatic carbocycles. The zero-order chi connectivity index (χ0) is 13.9. The van der Waals surface area contributed by atoms with Gasteiger partial charge in [-0.1, -0.05) is 27.2 Å². The summed E-state index contributed by atoms with van der Waals surface area (Å²) in [6.07, 6.45) is 9.87. The Hall–Kier alpha value is -0.370. The summed E-state index contributed by atoms with van der Waals surface area (Å²) in [5, 5.41) is 0. The van der Waals surface area contributed by atoms with Crippen molar-refractivity contribution in [2.45, 2.75) is 65.7 Å². The van der Waals surface area contributed by atoms with Gasteiger partial charge in [-0.15, -0.1) is 0 Å². The number of piperidine rings is 1. The van der Waals surface area contributed by atoms with Gasteiger partial charge >= 0.3 is 0 Å². The number of nitrogens with zero attached hydrogens (tertiary/aromatic N) is 1. The van der Waals surface area contributed by atoms with E-state index in [1.165, 1.54) is 51.5 Å². The standard InChI is InChI=1S/C17H31NO/c1-4-16(3)9-11-18(12-10-16)13-17(14-19)7-5-15(2)6-8-17/h14-15H,4-13H2,1-3H3. The number of hydrogen-bond acceptors (Lipinski definition) is 2. The van der Waals surface area contributed by atoms with E-state index in [4.69, 9.17) is 0 Å². The van der Waals surface area contributed by atoms with E-state index in [1.54, 1.807) is 0 Å². The molecule has 1 saturated carbocycles. The average Bonchev–Trinajstić information content (AvgIpc) is 2.44. The van der Waals surface area contributed by atoms with Gasteiger partial charge in [-0.25, -0.2) is 0 Å². The van der Waals surface area contributed by atoms with Crippen LogP contribution in [0.25, 0.3) is 0 Å². The molecule has 1 saturated heterocycles. The number of carbonyl (C=O) groups excluding carboxylic acids is 1. The first-order valence-electron chi connectivity index (χ1n) is 8.20. The molecule has 2 fully saturated rings. The predicted molar refractivity (Wildman–Crippen MR) is 80.2 cm³/mol. The average molecular weight is 265 g/mol. The van der Waals surface area contributed by atoms with Crippen molar-refractivity contribution in [3.8, 4) is 0 Å². The van der Waals surface area contributed by atoms with Gasteiger partial charge in [-0.3, -0.25) is 0 Å². The number of hydrogen-bond donors (Lipinski definition) is 0. The molecule has 0 radical (unpaired) electrons. The lowest BCUT2D eigenvalue weighted by atomic mass is 9.70. The van der Waals surface area contributed by atoms with E-state index in [1.807, 2.05) is 0 Å². The van der Waals surface area contributed by atoms with Crippen LogP contribution in [-0.2, 0) is 4.79 Å². The van der Waals surface area contributed by atoms with Crippen molar-refractivity contribution in [1.29, 1.82) is 0 Å². The smallest absolute Gasteiger partial charge is 0.127 e. The van der Waals surface area contributed by atoms with Crippen LogP contribution in [0.4, 0.5) is 0 Å². The van der Waals surface area contributed by atoms with Crippen LogP contribution >= 0.6 is 0 Å². The van der Waals surface area contributed by atoms with Gasteiger partial charge in [0, 0.05) is 12.0 Å². The molecule has 2 aliphatic rings. The summed E-state index contributed by atoms with van der Waals surface area (Å²) in [5.74, 6) is 0.817. The highest BCUT2D eigenvalue weighted by Crippen LogP contribution is 2.40. The van der Waals surface area contributed by atoms with Crippen molar-refractivity contribution >= 4 is 6.29 Å². The van der Waals surface area contributed by atoms with Crippen LogP contribution in [0.2, 0.25) is 0 Å². The molecule has 1 heterocycles. The molecular weight excluding hydrogens is 234 g/mol. The van der Waals surface area contributed by atoms with Gasteiger partial charge in [0.1, 0.15) is 6.29 Å². The summed E-state index contributed by atoms with van der Waals surface area (Å²) in [6.45, 7) is 10.4. The molecule has 19 heavy (non-hydrogen) atoms. The third-order valence-electron chi connectivity index (χ3n) is 5.98. The molecule has 2 nitrogen and oxygen atoms in total. The summed E-state index contributed by atoms with van der Waals surface area (Å²) >= 11 is 0. The molecule has 0 spiro atoms. The Morgan fingerprint density at radius 2 is 1.74 bits per heavy atom. The van der Waals surface area contributed by atoms with Gasteiger partial charge in [0.05, 0.1) is 0 Å². The Labute approximate surface area is 118 Å². The third-order valence-corrected chi connectivity index (χ3v) is 5.98. The maximum absolute atomic E-state index is 11.6. The van der Waals surface area contributed by atoms with Crippen molar-refractivity contribution < 1.29 is 4.79 Å². The Morgan fingerprint density at radius 3 is 2.21 bits per heavy atom. The molecule has 1 aliphatic heterocycles. The predicted octanol–water partition coefficient (Wildman–Crippen LogP) is 3.89. The van der Waals surface area contributed by atoms with Crippen LogP contribution in [-0.4, -0.2) is 30.8 Å². The lowest BCUT2D eigenvalue weighted by molar-refractivity contribution is -0.120. The summed E-state index contributed by atoms with van der Waals surface area (Å²) in [6, 6.07) is 0. The molecule has 0 amide bonds. The maximum Gasteiger partial charge on any atom is 0.127 e. The van der Waals surface area contributed by atoms with Crippen LogP contribution in [0.1, 0.15) is 65.7 Å². The molecule has 0 bridgehead atoms. The summed E-state index contributed by atoms with van der Waals surface area (Å²) in [4.78, 5) is 14.2. The Bertz CT molecular complexity index is 296. The molecule has 0 unspecified atom stereocenters. The third kappa shape index (κ3) is 3.59. The van der Waals surface area contributed by atoms with Crippen molar-refractivity contribution in [3.05, 3.63) is 0 Å². The number of rotatable bonds is 4. The fraction of sp³-hybridized carbons (Fsp3) is 0.941. The van der Waals surface area contributed by atoms with Gasteiger partial charge in [-0.05, 0) is 62.9 Å². The monoisotopic (exact) mass is 265 g/mol. The first-order valence-corrected chi connectivity index (χ1v) is 8.20. The fourth-order valence-corrected chi connectivity index (χ4v) is 3.70. The van der Waals surface area contributed by atoms with E-state index >= 15 is 0 Å². The quantitative estimate of drug-likeness (QED) is 0.719. The SMILES string of the molecule is CCC1(C)CCN(CC2(C=O)CCC(C)CC2)CC1. The van der Waals surface area contributed by atoms with Gasteiger partial charge in [0.2, 0.25) is 0 Å². The van der Waals surface area contributed by atoms with E-state index in [0.29, 0.717) is 5.41 Å². The van der Waals surface area contributed by atoms with Crippen LogP contribution in [0, 0.1) is 16.7 Å². The second-order valence-electron chi connectivity index (χ2n) is 7.60. The number of carbonyl (C=O) groups is 1. The molecule has 2 heteroatoms. The molecule has 1 aliphatic carbocycles. The molecule has 0 aromatic heterocycles. The zero-order valence-electron chi connectivity index (χ0n) is 13.1. The first kappa shape index (κ1) is 15.0. The van der Waals surface area contributed by atoms with Crippen molar-refractivity contribution in [2.75, 3.05) is 19.6 Å². The van der Waals surface area contributed by atoms with E-state index < -0.39 is 0 Å². The van der Waals surface area contributed by atoms with Gasteiger partial charge < -0.3 is 9.69 Å². The highest BCUT2D eigenvalue weighted by molar-refractivity contribution is 5.60. The Morgan fingerprint density at radius 1 is 1.16 bits per heavy atom. The largest absolute Gasteiger partial charge is 0.303 e. The van der Waals surface area contributed by atoms with Crippen LogP contribution in [0.3, 0.4) is 0 Å². The molecule has 0 N–H and O–H groups in total. The summed E-state index contributed by atoms with van der Waals surface area (Å²) in [7, 11) is 0. The summed E-state index contributed by atoms with van der Waals surface area (Å²) < 4.78 is 0. The summed E-state index contributed by atoms with van der Waals surface area (Å²) in [5.41, 5.74) is 0.526. The number of likely N-dealkylation sites (tertiary alicyclic amines) is 1. The van der Waals surface area contributed by atoms with E-state index in [0.717, 1.165) is 25.3 Å². The highest BCUT2D eigenvalue weighted by Gasteiger charge is 2.37. The van der Waals surface area contributed by atoms with E-state index in [9.17, 15) is 4.79 Å². The molecular formula is C17H31NO. The molecule has 0 aromatic rings. The van der Waals surface area contributed by atoms with Crippen LogP contribution in [0.15, 0.2) is 0 Å². The van der Waals surface area contributed by atoms with E-state index in [2.05, 4.69) is 25.7 Å². The second kappa shape index (κ2) is 5.95. The normalized spacial score (nSPS) is 36.1. The van der Waals surface area contributed by atoms with E-state index in [-0.39, 0.29) is 5.41 Å². The van der Waals surface area contributed by atoms with Gasteiger partial charge in [0.15, 0.2) is 0 Å². The molecule has 110 valence electrons. The minimum Gasteiger partial charge on any atom is -0.303 e. The minimum absolute atomic E-state index is 0.0214. The van der Waals surface area contributed by atoms with Crippen molar-refractivity contribution in [2.24, 2.45) is 16.7 Å². The first-order chi connectivity index (χ1) is 9.01. The Kier molecular flexibility index (Phi) is 4.70. The maximum atomic E-state index is 11.6. The van der Waals surface area contributed by atoms with Crippen molar-refractivity contribution in [3.63, 3.8) is 0 Å². The zero-order valence-corrected chi connectivity index (χ0v) is 13.1. The molecule has 2 rings (SSSR count). The lowest BCUT2D eigenvalue weighted by Gasteiger charge is -2.44. The topological polar surface area (TPSA) is 20.3 Å². The Balaban J connectivity index is 1.88. The van der Waals surface area contributed by atoms with Gasteiger partial charge in [-0.2, -0.15) is 0 Å². The molecule has 0 atom stereocenters. The van der Waals surface area contributed by atoms with Crippen LogP contribution < -0.4 is 0 Å². The fourth-order valence-electron chi connectivity index (χ4n) is 3.70. The highest BCUT2D eigenvalue weighted by atomic mass is 16.1. The second-order valence-corrected chi connectivity index (χ2v) is 7.60. The van der Waals surface area contributed by atoms with Crippen LogP contribution in [0.5, 0.6) is 0 Å². The number of aldehydes is 1. The lowest BCUT2D eigenvalue weighted by Crippen LogP contribution is -2.46. The minimum atomic E-state index is -0.0214.